The number of aromatic carboxylic acids is 1. The van der Waals surface area contributed by atoms with Gasteiger partial charge in [0.05, 0.1) is 30.3 Å². The zero-order chi connectivity index (χ0) is 27.0. The molecule has 4 aromatic rings. The van der Waals surface area contributed by atoms with Gasteiger partial charge in [-0.3, -0.25) is 4.79 Å². The molecule has 0 aliphatic carbocycles. The molecule has 4 rings (SSSR count). The van der Waals surface area contributed by atoms with Gasteiger partial charge in [0.2, 0.25) is 17.1 Å². The summed E-state index contributed by atoms with van der Waals surface area (Å²) < 4.78 is 27.2. The molecule has 0 aliphatic rings. The summed E-state index contributed by atoms with van der Waals surface area (Å²) >= 11 is 6.16. The first-order valence-corrected chi connectivity index (χ1v) is 11.8. The summed E-state index contributed by atoms with van der Waals surface area (Å²) in [6, 6.07) is 5.51. The second-order valence-corrected chi connectivity index (χ2v) is 9.41. The number of fused-ring (bicyclic) bond motifs is 1. The van der Waals surface area contributed by atoms with Gasteiger partial charge < -0.3 is 24.0 Å². The van der Waals surface area contributed by atoms with Crippen molar-refractivity contribution in [2.75, 3.05) is 13.7 Å². The van der Waals surface area contributed by atoms with Crippen molar-refractivity contribution in [2.45, 2.75) is 33.2 Å². The van der Waals surface area contributed by atoms with Gasteiger partial charge in [-0.25, -0.2) is 9.18 Å². The number of methoxy groups -OCH3 is 1. The highest BCUT2D eigenvalue weighted by Crippen LogP contribution is 2.33. The molecule has 0 amide bonds. The minimum atomic E-state index is -1.39. The number of aliphatic hydroxyl groups is 1. The van der Waals surface area contributed by atoms with E-state index in [1.165, 1.54) is 31.5 Å². The van der Waals surface area contributed by atoms with E-state index in [1.807, 2.05) is 13.8 Å². The van der Waals surface area contributed by atoms with Crippen molar-refractivity contribution < 1.29 is 28.7 Å². The lowest BCUT2D eigenvalue weighted by Gasteiger charge is -2.25. The van der Waals surface area contributed by atoms with Crippen molar-refractivity contribution in [3.05, 3.63) is 74.1 Å². The lowest BCUT2D eigenvalue weighted by atomic mass is 9.97. The maximum atomic E-state index is 15.1. The Balaban J connectivity index is 1.94. The van der Waals surface area contributed by atoms with Gasteiger partial charge in [-0.15, -0.1) is 0 Å². The third-order valence-corrected chi connectivity index (χ3v) is 6.52. The number of aliphatic hydroxyl groups excluding tert-OH is 1. The molecule has 2 aromatic carbocycles. The molecule has 0 fully saturated rings. The first kappa shape index (κ1) is 26.3. The van der Waals surface area contributed by atoms with Crippen LogP contribution >= 0.6 is 11.6 Å². The Hall–Kier alpha value is -3.76. The first-order chi connectivity index (χ1) is 17.5. The van der Waals surface area contributed by atoms with Crippen molar-refractivity contribution in [1.29, 1.82) is 0 Å². The van der Waals surface area contributed by atoms with Gasteiger partial charge in [0.1, 0.15) is 17.1 Å². The number of halogens is 2. The Morgan fingerprint density at radius 3 is 2.54 bits per heavy atom. The SMILES string of the molecule is COc1cc2c(cc1Cc1cc(-c3noc(C)n3)cc(Cl)c1F)c(=O)c(C(=O)O)cn2C(CO)C(C)C. The lowest BCUT2D eigenvalue weighted by Crippen LogP contribution is -2.25. The van der Waals surface area contributed by atoms with Crippen molar-refractivity contribution in [3.63, 3.8) is 0 Å². The quantitative estimate of drug-likeness (QED) is 0.338. The van der Waals surface area contributed by atoms with Crippen LogP contribution in [-0.4, -0.2) is 44.6 Å². The van der Waals surface area contributed by atoms with E-state index in [2.05, 4.69) is 10.1 Å². The van der Waals surface area contributed by atoms with Crippen LogP contribution in [0.5, 0.6) is 5.75 Å². The van der Waals surface area contributed by atoms with E-state index in [-0.39, 0.29) is 40.7 Å². The molecule has 11 heteroatoms. The molecule has 0 bridgehead atoms. The van der Waals surface area contributed by atoms with E-state index in [4.69, 9.17) is 20.9 Å². The third-order valence-electron chi connectivity index (χ3n) is 6.25. The number of nitrogens with zero attached hydrogens (tertiary/aromatic N) is 3. The largest absolute Gasteiger partial charge is 0.496 e. The zero-order valence-electron chi connectivity index (χ0n) is 20.6. The number of rotatable bonds is 8. The molecule has 2 heterocycles. The number of carboxylic acids is 1. The summed E-state index contributed by atoms with van der Waals surface area (Å²) in [5, 5.41) is 23.5. The Kier molecular flexibility index (Phi) is 7.33. The van der Waals surface area contributed by atoms with Gasteiger partial charge in [-0.05, 0) is 35.2 Å². The highest BCUT2D eigenvalue weighted by Gasteiger charge is 2.23. The number of carboxylic acid groups (broad SMARTS) is 1. The van der Waals surface area contributed by atoms with Gasteiger partial charge in [-0.2, -0.15) is 4.98 Å². The van der Waals surface area contributed by atoms with Crippen LogP contribution in [0, 0.1) is 18.7 Å². The Morgan fingerprint density at radius 2 is 1.97 bits per heavy atom. The second-order valence-electron chi connectivity index (χ2n) is 9.00. The maximum Gasteiger partial charge on any atom is 0.341 e. The normalized spacial score (nSPS) is 12.3. The number of aryl methyl sites for hydroxylation is 1. The topological polar surface area (TPSA) is 128 Å². The predicted molar refractivity (Wildman–Crippen MR) is 135 cm³/mol. The van der Waals surface area contributed by atoms with Crippen molar-refractivity contribution in [1.82, 2.24) is 14.7 Å². The van der Waals surface area contributed by atoms with Crippen LogP contribution in [-0.2, 0) is 6.42 Å². The number of ether oxygens (including phenoxy) is 1. The van der Waals surface area contributed by atoms with Gasteiger partial charge in [-0.1, -0.05) is 30.6 Å². The van der Waals surface area contributed by atoms with E-state index in [0.29, 0.717) is 28.3 Å². The Labute approximate surface area is 216 Å². The van der Waals surface area contributed by atoms with E-state index in [1.54, 1.807) is 17.6 Å². The molecule has 0 saturated heterocycles. The molecular weight excluding hydrogens is 505 g/mol. The van der Waals surface area contributed by atoms with Crippen LogP contribution in [0.3, 0.4) is 0 Å². The zero-order valence-corrected chi connectivity index (χ0v) is 21.3. The van der Waals surface area contributed by atoms with Crippen LogP contribution in [0.4, 0.5) is 4.39 Å². The molecule has 0 radical (unpaired) electrons. The number of benzene rings is 2. The number of hydrogen-bond donors (Lipinski definition) is 2. The van der Waals surface area contributed by atoms with Crippen molar-refractivity contribution >= 4 is 28.5 Å². The number of aromatic nitrogens is 3. The highest BCUT2D eigenvalue weighted by atomic mass is 35.5. The molecule has 0 aliphatic heterocycles. The van der Waals surface area contributed by atoms with Crippen LogP contribution in [0.1, 0.15) is 47.3 Å². The van der Waals surface area contributed by atoms with Crippen LogP contribution in [0.15, 0.2) is 39.8 Å². The fraction of sp³-hybridized carbons (Fsp3) is 0.308. The summed E-state index contributed by atoms with van der Waals surface area (Å²) in [7, 11) is 1.44. The van der Waals surface area contributed by atoms with Crippen LogP contribution in [0.25, 0.3) is 22.3 Å². The number of hydrogen-bond acceptors (Lipinski definition) is 7. The Morgan fingerprint density at radius 1 is 1.24 bits per heavy atom. The molecule has 2 aromatic heterocycles. The van der Waals surface area contributed by atoms with Gasteiger partial charge in [0.15, 0.2) is 0 Å². The summed E-state index contributed by atoms with van der Waals surface area (Å²) in [4.78, 5) is 29.2. The number of pyridine rings is 1. The minimum absolute atomic E-state index is 0.0281. The average Bonchev–Trinajstić information content (AvgIpc) is 3.29. The van der Waals surface area contributed by atoms with Gasteiger partial charge >= 0.3 is 5.97 Å². The van der Waals surface area contributed by atoms with Gasteiger partial charge in [0.25, 0.3) is 0 Å². The molecule has 194 valence electrons. The monoisotopic (exact) mass is 529 g/mol. The predicted octanol–water partition coefficient (Wildman–Crippen LogP) is 4.64. The first-order valence-electron chi connectivity index (χ1n) is 11.4. The molecule has 0 saturated carbocycles. The summed E-state index contributed by atoms with van der Waals surface area (Å²) in [5.74, 6) is -1.20. The average molecular weight is 530 g/mol. The van der Waals surface area contributed by atoms with E-state index in [0.717, 1.165) is 0 Å². The fourth-order valence-corrected chi connectivity index (χ4v) is 4.56. The van der Waals surface area contributed by atoms with Crippen molar-refractivity contribution in [2.24, 2.45) is 5.92 Å². The maximum absolute atomic E-state index is 15.1. The number of carbonyl (C=O) groups is 1. The highest BCUT2D eigenvalue weighted by molar-refractivity contribution is 6.31. The summed E-state index contributed by atoms with van der Waals surface area (Å²) in [6.45, 7) is 5.11. The minimum Gasteiger partial charge on any atom is -0.496 e. The molecule has 1 atom stereocenters. The summed E-state index contributed by atoms with van der Waals surface area (Å²) in [6.07, 6.45) is 1.21. The lowest BCUT2D eigenvalue weighted by molar-refractivity contribution is 0.0694. The molecule has 1 unspecified atom stereocenters. The van der Waals surface area contributed by atoms with Crippen molar-refractivity contribution in [3.8, 4) is 17.1 Å². The second kappa shape index (κ2) is 10.3. The third kappa shape index (κ3) is 4.94. The van der Waals surface area contributed by atoms with Crippen LogP contribution < -0.4 is 10.2 Å². The Bertz CT molecular complexity index is 1560. The van der Waals surface area contributed by atoms with Crippen LogP contribution in [0.2, 0.25) is 5.02 Å². The molecule has 9 nitrogen and oxygen atoms in total. The fourth-order valence-electron chi connectivity index (χ4n) is 4.32. The van der Waals surface area contributed by atoms with E-state index in [9.17, 15) is 19.8 Å². The van der Waals surface area contributed by atoms with Gasteiger partial charge in [0, 0.05) is 36.6 Å². The molecule has 2 N–H and O–H groups in total. The molecular formula is C26H25ClFN3O6. The smallest absolute Gasteiger partial charge is 0.341 e. The van der Waals surface area contributed by atoms with E-state index >= 15 is 4.39 Å². The standard InChI is InChI=1S/C26H25ClFN3O6/c1-12(2)21(11-32)31-10-18(26(34)35)24(33)17-7-14(22(36-4)9-20(17)31)5-15-6-16(8-19(27)23(15)28)25-29-13(3)37-30-25/h6-10,12,21,32H,5,11H2,1-4H3,(H,34,35). The summed E-state index contributed by atoms with van der Waals surface area (Å²) in [5.41, 5.74) is 0.314. The molecule has 0 spiro atoms. The van der Waals surface area contributed by atoms with E-state index < -0.39 is 28.8 Å². The molecule has 37 heavy (non-hydrogen) atoms.